The van der Waals surface area contributed by atoms with Crippen LogP contribution in [0.1, 0.15) is 6.42 Å². The molecule has 1 fully saturated rings. The Morgan fingerprint density at radius 2 is 1.68 bits per heavy atom. The highest BCUT2D eigenvalue weighted by molar-refractivity contribution is 5.80. The van der Waals surface area contributed by atoms with E-state index in [0.29, 0.717) is 6.61 Å². The molecule has 0 unspecified atom stereocenters. The number of para-hydroxylation sites is 1. The zero-order valence-electron chi connectivity index (χ0n) is 16.4. The van der Waals surface area contributed by atoms with E-state index in [1.165, 1.54) is 5.69 Å². The molecule has 1 aliphatic heterocycles. The average molecular weight is 377 g/mol. The van der Waals surface area contributed by atoms with Crippen molar-refractivity contribution in [2.75, 3.05) is 44.2 Å². The third-order valence-electron chi connectivity index (χ3n) is 5.48. The van der Waals surface area contributed by atoms with Crippen LogP contribution in [-0.4, -0.2) is 48.8 Å². The largest absolute Gasteiger partial charge is 0.493 e. The van der Waals surface area contributed by atoms with Crippen molar-refractivity contribution in [1.82, 2.24) is 9.47 Å². The SMILES string of the molecule is Cn1c(=O)ccc2ccc(OCCCN3CCN(c4ccccc4)CC3)cc21. The summed E-state index contributed by atoms with van der Waals surface area (Å²) in [5.41, 5.74) is 2.22. The Morgan fingerprint density at radius 1 is 0.929 bits per heavy atom. The van der Waals surface area contributed by atoms with Gasteiger partial charge in [-0.2, -0.15) is 0 Å². The second-order valence-corrected chi connectivity index (χ2v) is 7.32. The lowest BCUT2D eigenvalue weighted by Gasteiger charge is -2.36. The first kappa shape index (κ1) is 18.6. The minimum atomic E-state index is -0.000653. The summed E-state index contributed by atoms with van der Waals surface area (Å²) in [6.45, 7) is 6.06. The fraction of sp³-hybridized carbons (Fsp3) is 0.348. The van der Waals surface area contributed by atoms with E-state index in [9.17, 15) is 4.79 Å². The number of hydrogen-bond acceptors (Lipinski definition) is 4. The number of rotatable bonds is 6. The van der Waals surface area contributed by atoms with Crippen LogP contribution in [0.5, 0.6) is 5.75 Å². The van der Waals surface area contributed by atoms with Gasteiger partial charge in [-0.25, -0.2) is 0 Å². The third-order valence-corrected chi connectivity index (χ3v) is 5.48. The highest BCUT2D eigenvalue weighted by Crippen LogP contribution is 2.20. The first-order valence-electron chi connectivity index (χ1n) is 9.96. The summed E-state index contributed by atoms with van der Waals surface area (Å²) < 4.78 is 7.60. The normalized spacial score (nSPS) is 15.1. The Balaban J connectivity index is 1.24. The van der Waals surface area contributed by atoms with Gasteiger partial charge in [-0.05, 0) is 42.1 Å². The van der Waals surface area contributed by atoms with Crippen molar-refractivity contribution in [2.24, 2.45) is 7.05 Å². The highest BCUT2D eigenvalue weighted by atomic mass is 16.5. The lowest BCUT2D eigenvalue weighted by atomic mass is 10.2. The molecule has 28 heavy (non-hydrogen) atoms. The van der Waals surface area contributed by atoms with Gasteiger partial charge in [0.1, 0.15) is 5.75 Å². The Kier molecular flexibility index (Phi) is 5.63. The first-order valence-corrected chi connectivity index (χ1v) is 9.96. The predicted molar refractivity (Wildman–Crippen MR) is 114 cm³/mol. The van der Waals surface area contributed by atoms with Crippen molar-refractivity contribution < 1.29 is 4.74 Å². The molecule has 0 aliphatic carbocycles. The predicted octanol–water partition coefficient (Wildman–Crippen LogP) is 3.13. The summed E-state index contributed by atoms with van der Waals surface area (Å²) in [6.07, 6.45) is 0.997. The summed E-state index contributed by atoms with van der Waals surface area (Å²) in [4.78, 5) is 16.8. The Morgan fingerprint density at radius 3 is 2.46 bits per heavy atom. The van der Waals surface area contributed by atoms with Crippen molar-refractivity contribution in [3.8, 4) is 5.75 Å². The Bertz CT molecular complexity index is 976. The van der Waals surface area contributed by atoms with E-state index in [1.54, 1.807) is 17.7 Å². The zero-order chi connectivity index (χ0) is 19.3. The second kappa shape index (κ2) is 8.48. The summed E-state index contributed by atoms with van der Waals surface area (Å²) >= 11 is 0. The van der Waals surface area contributed by atoms with E-state index < -0.39 is 0 Å². The van der Waals surface area contributed by atoms with Gasteiger partial charge >= 0.3 is 0 Å². The monoisotopic (exact) mass is 377 g/mol. The summed E-state index contributed by atoms with van der Waals surface area (Å²) in [7, 11) is 1.80. The van der Waals surface area contributed by atoms with Crippen LogP contribution in [0.2, 0.25) is 0 Å². The van der Waals surface area contributed by atoms with Crippen LogP contribution < -0.4 is 15.2 Å². The van der Waals surface area contributed by atoms with Gasteiger partial charge in [0.05, 0.1) is 12.1 Å². The van der Waals surface area contributed by atoms with Crippen LogP contribution in [0.3, 0.4) is 0 Å². The standard InChI is InChI=1S/C23H27N3O2/c1-24-22-18-21(10-8-19(22)9-11-23(24)27)28-17-5-12-25-13-15-26(16-14-25)20-6-3-2-4-7-20/h2-4,6-11,18H,5,12-17H2,1H3. The lowest BCUT2D eigenvalue weighted by Crippen LogP contribution is -2.46. The van der Waals surface area contributed by atoms with Crippen molar-refractivity contribution in [3.05, 3.63) is 71.0 Å². The van der Waals surface area contributed by atoms with E-state index >= 15 is 0 Å². The van der Waals surface area contributed by atoms with Gasteiger partial charge in [0.25, 0.3) is 5.56 Å². The number of anilines is 1. The van der Waals surface area contributed by atoms with Crippen molar-refractivity contribution >= 4 is 16.6 Å². The lowest BCUT2D eigenvalue weighted by molar-refractivity contribution is 0.225. The van der Waals surface area contributed by atoms with E-state index in [1.807, 2.05) is 24.3 Å². The van der Waals surface area contributed by atoms with Gasteiger partial charge in [-0.3, -0.25) is 9.69 Å². The molecule has 2 heterocycles. The molecule has 146 valence electrons. The van der Waals surface area contributed by atoms with Gasteiger partial charge in [0.2, 0.25) is 0 Å². The number of pyridine rings is 1. The van der Waals surface area contributed by atoms with Crippen molar-refractivity contribution in [2.45, 2.75) is 6.42 Å². The smallest absolute Gasteiger partial charge is 0.250 e. The maximum Gasteiger partial charge on any atom is 0.250 e. The van der Waals surface area contributed by atoms with Crippen LogP contribution >= 0.6 is 0 Å². The van der Waals surface area contributed by atoms with Crippen LogP contribution in [0.4, 0.5) is 5.69 Å². The molecule has 0 amide bonds. The van der Waals surface area contributed by atoms with Gasteiger partial charge in [0, 0.05) is 57.6 Å². The van der Waals surface area contributed by atoms with Crippen LogP contribution in [0.25, 0.3) is 10.9 Å². The molecular formula is C23H27N3O2. The topological polar surface area (TPSA) is 37.7 Å². The number of aryl methyl sites for hydroxylation is 1. The van der Waals surface area contributed by atoms with Crippen LogP contribution in [-0.2, 0) is 7.05 Å². The molecule has 0 spiro atoms. The van der Waals surface area contributed by atoms with E-state index in [-0.39, 0.29) is 5.56 Å². The molecule has 0 atom stereocenters. The number of hydrogen-bond donors (Lipinski definition) is 0. The molecule has 5 nitrogen and oxygen atoms in total. The molecule has 0 bridgehead atoms. The number of aromatic nitrogens is 1. The molecule has 1 aliphatic rings. The summed E-state index contributed by atoms with van der Waals surface area (Å²) in [5, 5.41) is 1.05. The molecular weight excluding hydrogens is 350 g/mol. The first-order chi connectivity index (χ1) is 13.7. The average Bonchev–Trinajstić information content (AvgIpc) is 2.75. The number of fused-ring (bicyclic) bond motifs is 1. The minimum absolute atomic E-state index is 0.000653. The summed E-state index contributed by atoms with van der Waals surface area (Å²) in [5.74, 6) is 0.822. The molecule has 3 aromatic rings. The maximum absolute atomic E-state index is 11.8. The summed E-state index contributed by atoms with van der Waals surface area (Å²) in [6, 6.07) is 20.0. The van der Waals surface area contributed by atoms with Gasteiger partial charge in [-0.15, -0.1) is 0 Å². The number of nitrogens with zero attached hydrogens (tertiary/aromatic N) is 3. The molecule has 4 rings (SSSR count). The van der Waals surface area contributed by atoms with Gasteiger partial charge < -0.3 is 14.2 Å². The number of piperazine rings is 1. The molecule has 1 aromatic heterocycles. The van der Waals surface area contributed by atoms with E-state index in [4.69, 9.17) is 4.74 Å². The van der Waals surface area contributed by atoms with Crippen LogP contribution in [0, 0.1) is 0 Å². The maximum atomic E-state index is 11.8. The van der Waals surface area contributed by atoms with Gasteiger partial charge in [-0.1, -0.05) is 18.2 Å². The molecule has 1 saturated heterocycles. The fourth-order valence-electron chi connectivity index (χ4n) is 3.78. The molecule has 2 aromatic carbocycles. The minimum Gasteiger partial charge on any atom is -0.493 e. The Hall–Kier alpha value is -2.79. The quantitative estimate of drug-likeness (QED) is 0.619. The van der Waals surface area contributed by atoms with Crippen molar-refractivity contribution in [3.63, 3.8) is 0 Å². The van der Waals surface area contributed by atoms with E-state index in [0.717, 1.165) is 55.8 Å². The van der Waals surface area contributed by atoms with Crippen molar-refractivity contribution in [1.29, 1.82) is 0 Å². The molecule has 5 heteroatoms. The zero-order valence-corrected chi connectivity index (χ0v) is 16.4. The fourth-order valence-corrected chi connectivity index (χ4v) is 3.78. The van der Waals surface area contributed by atoms with Gasteiger partial charge in [0.15, 0.2) is 0 Å². The van der Waals surface area contributed by atoms with E-state index in [2.05, 4.69) is 40.1 Å². The molecule has 0 saturated carbocycles. The van der Waals surface area contributed by atoms with Crippen LogP contribution in [0.15, 0.2) is 65.5 Å². The number of benzene rings is 2. The molecule has 0 radical (unpaired) electrons. The Labute approximate surface area is 165 Å². The number of ether oxygens (including phenoxy) is 1. The highest BCUT2D eigenvalue weighted by Gasteiger charge is 2.16. The second-order valence-electron chi connectivity index (χ2n) is 7.32. The molecule has 0 N–H and O–H groups in total. The third kappa shape index (κ3) is 4.20.